The van der Waals surface area contributed by atoms with Gasteiger partial charge in [-0.2, -0.15) is 0 Å². The van der Waals surface area contributed by atoms with Crippen molar-refractivity contribution in [3.63, 3.8) is 0 Å². The number of halogens is 1. The predicted octanol–water partition coefficient (Wildman–Crippen LogP) is 2.25. The van der Waals surface area contributed by atoms with Gasteiger partial charge in [-0.15, -0.1) is 12.4 Å². The summed E-state index contributed by atoms with van der Waals surface area (Å²) in [6.45, 7) is 4.40. The van der Waals surface area contributed by atoms with Gasteiger partial charge >= 0.3 is 5.97 Å². The highest BCUT2D eigenvalue weighted by Crippen LogP contribution is 2.15. The number of methoxy groups -OCH3 is 1. The van der Waals surface area contributed by atoms with E-state index in [1.54, 1.807) is 0 Å². The van der Waals surface area contributed by atoms with Crippen LogP contribution in [0.4, 0.5) is 0 Å². The molecule has 1 saturated heterocycles. The Bertz CT molecular complexity index is 559. The Hall–Kier alpha value is -1.59. The molecule has 1 aliphatic heterocycles. The van der Waals surface area contributed by atoms with E-state index in [4.69, 9.17) is 4.74 Å². The van der Waals surface area contributed by atoms with Crippen LogP contribution in [0.3, 0.4) is 0 Å². The molecule has 6 heteroatoms. The minimum absolute atomic E-state index is 0. The molecule has 2 N–H and O–H groups in total. The van der Waals surface area contributed by atoms with Gasteiger partial charge in [0.05, 0.1) is 13.0 Å². The summed E-state index contributed by atoms with van der Waals surface area (Å²) in [6, 6.07) is 8.06. The van der Waals surface area contributed by atoms with Crippen molar-refractivity contribution in [1.82, 2.24) is 10.6 Å². The minimum atomic E-state index is -0.353. The molecule has 25 heavy (non-hydrogen) atoms. The Morgan fingerprint density at radius 3 is 2.84 bits per heavy atom. The normalized spacial score (nSPS) is 17.4. The van der Waals surface area contributed by atoms with Gasteiger partial charge in [-0.1, -0.05) is 29.8 Å². The molecule has 0 saturated carbocycles. The van der Waals surface area contributed by atoms with E-state index >= 15 is 0 Å². The van der Waals surface area contributed by atoms with Gasteiger partial charge in [-0.3, -0.25) is 9.59 Å². The number of amides is 1. The van der Waals surface area contributed by atoms with Gasteiger partial charge in [0.15, 0.2) is 0 Å². The summed E-state index contributed by atoms with van der Waals surface area (Å²) in [5.41, 5.74) is 2.24. The SMILES string of the molecule is COC(=O)C(CNC(=O)CCC1CCNC1)Cc1cccc(C)c1.Cl. The lowest BCUT2D eigenvalue weighted by Gasteiger charge is -2.16. The van der Waals surface area contributed by atoms with Crippen LogP contribution in [0.25, 0.3) is 0 Å². The summed E-state index contributed by atoms with van der Waals surface area (Å²) in [6.07, 6.45) is 3.14. The van der Waals surface area contributed by atoms with Gasteiger partial charge in [0.25, 0.3) is 0 Å². The molecule has 1 fully saturated rings. The van der Waals surface area contributed by atoms with E-state index in [1.807, 2.05) is 25.1 Å². The maximum atomic E-state index is 12.0. The predicted molar refractivity (Wildman–Crippen MR) is 101 cm³/mol. The number of nitrogens with one attached hydrogen (secondary N) is 2. The van der Waals surface area contributed by atoms with E-state index in [0.29, 0.717) is 25.3 Å². The fourth-order valence-corrected chi connectivity index (χ4v) is 3.15. The third-order valence-corrected chi connectivity index (χ3v) is 4.59. The smallest absolute Gasteiger partial charge is 0.310 e. The summed E-state index contributed by atoms with van der Waals surface area (Å²) < 4.78 is 4.89. The van der Waals surface area contributed by atoms with Crippen LogP contribution in [-0.4, -0.2) is 38.6 Å². The number of rotatable bonds is 8. The summed E-state index contributed by atoms with van der Waals surface area (Å²) in [5.74, 6) is -0.0230. The largest absolute Gasteiger partial charge is 0.469 e. The third kappa shape index (κ3) is 7.45. The Morgan fingerprint density at radius 1 is 1.40 bits per heavy atom. The molecular weight excluding hydrogens is 340 g/mol. The average molecular weight is 369 g/mol. The molecule has 0 aromatic heterocycles. The van der Waals surface area contributed by atoms with Crippen molar-refractivity contribution in [2.24, 2.45) is 11.8 Å². The van der Waals surface area contributed by atoms with E-state index in [1.165, 1.54) is 7.11 Å². The lowest BCUT2D eigenvalue weighted by Crippen LogP contribution is -2.34. The summed E-state index contributed by atoms with van der Waals surface area (Å²) in [5, 5.41) is 6.20. The summed E-state index contributed by atoms with van der Waals surface area (Å²) in [4.78, 5) is 24.0. The van der Waals surface area contributed by atoms with Crippen molar-refractivity contribution in [3.05, 3.63) is 35.4 Å². The molecule has 1 amide bonds. The summed E-state index contributed by atoms with van der Waals surface area (Å²) >= 11 is 0. The first kappa shape index (κ1) is 21.5. The Balaban J connectivity index is 0.00000312. The number of hydrogen-bond acceptors (Lipinski definition) is 4. The number of benzene rings is 1. The van der Waals surface area contributed by atoms with Crippen molar-refractivity contribution in [1.29, 1.82) is 0 Å². The minimum Gasteiger partial charge on any atom is -0.469 e. The fraction of sp³-hybridized carbons (Fsp3) is 0.579. The molecule has 0 aliphatic carbocycles. The van der Waals surface area contributed by atoms with Crippen molar-refractivity contribution < 1.29 is 14.3 Å². The van der Waals surface area contributed by atoms with E-state index < -0.39 is 0 Å². The van der Waals surface area contributed by atoms with Crippen molar-refractivity contribution in [2.45, 2.75) is 32.6 Å². The monoisotopic (exact) mass is 368 g/mol. The van der Waals surface area contributed by atoms with Crippen LogP contribution in [0.2, 0.25) is 0 Å². The van der Waals surface area contributed by atoms with Crippen LogP contribution in [0.1, 0.15) is 30.4 Å². The zero-order chi connectivity index (χ0) is 17.4. The molecule has 0 spiro atoms. The number of carbonyl (C=O) groups excluding carboxylic acids is 2. The molecule has 1 aliphatic rings. The number of ether oxygens (including phenoxy) is 1. The third-order valence-electron chi connectivity index (χ3n) is 4.59. The molecular formula is C19H29ClN2O3. The van der Waals surface area contributed by atoms with Crippen LogP contribution < -0.4 is 10.6 Å². The second-order valence-corrected chi connectivity index (χ2v) is 6.61. The highest BCUT2D eigenvalue weighted by molar-refractivity contribution is 5.85. The maximum absolute atomic E-state index is 12.0. The zero-order valence-electron chi connectivity index (χ0n) is 15.0. The highest BCUT2D eigenvalue weighted by atomic mass is 35.5. The molecule has 1 aromatic rings. The number of carbonyl (C=O) groups is 2. The van der Waals surface area contributed by atoms with Crippen molar-refractivity contribution in [2.75, 3.05) is 26.7 Å². The standard InChI is InChI=1S/C19H28N2O3.ClH/c1-14-4-3-5-16(10-14)11-17(19(23)24-2)13-21-18(22)7-6-15-8-9-20-12-15;/h3-5,10,15,17,20H,6-9,11-13H2,1-2H3,(H,21,22);1H. The van der Waals surface area contributed by atoms with Gasteiger partial charge in [-0.05, 0) is 50.8 Å². The Labute approximate surface area is 156 Å². The van der Waals surface area contributed by atoms with Crippen LogP contribution in [-0.2, 0) is 20.7 Å². The molecule has 0 bridgehead atoms. The van der Waals surface area contributed by atoms with E-state index in [9.17, 15) is 9.59 Å². The van der Waals surface area contributed by atoms with Gasteiger partial charge < -0.3 is 15.4 Å². The zero-order valence-corrected chi connectivity index (χ0v) is 15.9. The molecule has 2 unspecified atom stereocenters. The quantitative estimate of drug-likeness (QED) is 0.691. The topological polar surface area (TPSA) is 67.4 Å². The van der Waals surface area contributed by atoms with Crippen LogP contribution in [0.15, 0.2) is 24.3 Å². The first-order chi connectivity index (χ1) is 11.6. The lowest BCUT2D eigenvalue weighted by atomic mass is 9.97. The summed E-state index contributed by atoms with van der Waals surface area (Å²) in [7, 11) is 1.39. The molecule has 2 rings (SSSR count). The number of esters is 1. The first-order valence-electron chi connectivity index (χ1n) is 8.69. The Kier molecular flexibility index (Phi) is 9.53. The first-order valence-corrected chi connectivity index (χ1v) is 8.69. The van der Waals surface area contributed by atoms with Gasteiger partial charge in [0, 0.05) is 13.0 Å². The van der Waals surface area contributed by atoms with E-state index in [0.717, 1.165) is 37.1 Å². The molecule has 2 atom stereocenters. The average Bonchev–Trinajstić information content (AvgIpc) is 3.09. The van der Waals surface area contributed by atoms with Crippen molar-refractivity contribution in [3.8, 4) is 0 Å². The molecule has 140 valence electrons. The van der Waals surface area contributed by atoms with Gasteiger partial charge in [-0.25, -0.2) is 0 Å². The number of aryl methyl sites for hydroxylation is 1. The van der Waals surface area contributed by atoms with Gasteiger partial charge in [0.2, 0.25) is 5.91 Å². The number of hydrogen-bond donors (Lipinski definition) is 2. The van der Waals surface area contributed by atoms with Gasteiger partial charge in [0.1, 0.15) is 0 Å². The van der Waals surface area contributed by atoms with Crippen LogP contribution in [0.5, 0.6) is 0 Å². The highest BCUT2D eigenvalue weighted by Gasteiger charge is 2.21. The Morgan fingerprint density at radius 2 is 2.20 bits per heavy atom. The lowest BCUT2D eigenvalue weighted by molar-refractivity contribution is -0.145. The second kappa shape index (κ2) is 11.1. The molecule has 1 aromatic carbocycles. The molecule has 1 heterocycles. The van der Waals surface area contributed by atoms with Crippen LogP contribution in [0, 0.1) is 18.8 Å². The van der Waals surface area contributed by atoms with Crippen LogP contribution >= 0.6 is 12.4 Å². The maximum Gasteiger partial charge on any atom is 0.310 e. The molecule has 5 nitrogen and oxygen atoms in total. The fourth-order valence-electron chi connectivity index (χ4n) is 3.15. The van der Waals surface area contributed by atoms with E-state index in [-0.39, 0.29) is 30.2 Å². The van der Waals surface area contributed by atoms with Crippen molar-refractivity contribution >= 4 is 24.3 Å². The second-order valence-electron chi connectivity index (χ2n) is 6.61. The van der Waals surface area contributed by atoms with E-state index in [2.05, 4.69) is 16.7 Å². The molecule has 0 radical (unpaired) electrons.